The minimum absolute atomic E-state index is 0.403. The smallest absolute Gasteiger partial charge is 0.125 e. The molecule has 1 aromatic rings. The zero-order chi connectivity index (χ0) is 10.2. The zero-order valence-electron chi connectivity index (χ0n) is 8.62. The maximum Gasteiger partial charge on any atom is 0.125 e. The van der Waals surface area contributed by atoms with Gasteiger partial charge in [0.2, 0.25) is 0 Å². The largest absolute Gasteiger partial charge is 0.382 e. The molecule has 0 aromatic carbocycles. The molecule has 3 heteroatoms. The lowest BCUT2D eigenvalue weighted by molar-refractivity contribution is -0.0508. The van der Waals surface area contributed by atoms with Gasteiger partial charge in [-0.3, -0.25) is 0 Å². The Labute approximate surface area is 88.5 Å². The van der Waals surface area contributed by atoms with Gasteiger partial charge in [0.25, 0.3) is 0 Å². The number of hydrogen-bond acceptors (Lipinski definition) is 3. The molecule has 2 nitrogen and oxygen atoms in total. The second kappa shape index (κ2) is 3.65. The number of aliphatic hydroxyl groups is 1. The molecule has 1 fully saturated rings. The Morgan fingerprint density at radius 3 is 2.79 bits per heavy atom. The van der Waals surface area contributed by atoms with E-state index >= 15 is 0 Å². The van der Waals surface area contributed by atoms with Crippen LogP contribution in [0.2, 0.25) is 0 Å². The summed E-state index contributed by atoms with van der Waals surface area (Å²) in [6.45, 7) is 2.47. The van der Waals surface area contributed by atoms with E-state index in [1.807, 2.05) is 5.38 Å². The van der Waals surface area contributed by atoms with E-state index < -0.39 is 5.60 Å². The first-order chi connectivity index (χ1) is 6.68. The monoisotopic (exact) mass is 212 g/mol. The van der Waals surface area contributed by atoms with Crippen LogP contribution in [-0.4, -0.2) is 18.8 Å². The molecule has 1 heterocycles. The fraction of sp³-hybridized carbons (Fsp3) is 0.636. The first-order valence-electron chi connectivity index (χ1n) is 4.94. The molecule has 1 aliphatic rings. The summed E-state index contributed by atoms with van der Waals surface area (Å²) >= 11 is 1.63. The van der Waals surface area contributed by atoms with Crippen molar-refractivity contribution in [3.05, 3.63) is 21.9 Å². The summed E-state index contributed by atoms with van der Waals surface area (Å²) in [5, 5.41) is 12.6. The topological polar surface area (TPSA) is 29.5 Å². The predicted molar refractivity (Wildman–Crippen MR) is 57.6 cm³/mol. The van der Waals surface area contributed by atoms with E-state index in [4.69, 9.17) is 4.74 Å². The normalized spacial score (nSPS) is 20.8. The molecule has 0 saturated heterocycles. The average molecular weight is 212 g/mol. The molecule has 0 spiro atoms. The minimum Gasteiger partial charge on any atom is -0.382 e. The van der Waals surface area contributed by atoms with E-state index in [1.54, 1.807) is 18.4 Å². The van der Waals surface area contributed by atoms with Crippen molar-refractivity contribution in [2.24, 2.45) is 5.92 Å². The van der Waals surface area contributed by atoms with E-state index in [0.29, 0.717) is 12.5 Å². The summed E-state index contributed by atoms with van der Waals surface area (Å²) in [7, 11) is 1.65. The summed E-state index contributed by atoms with van der Waals surface area (Å²) in [6, 6.07) is 2.06. The van der Waals surface area contributed by atoms with Crippen molar-refractivity contribution in [1.82, 2.24) is 0 Å². The molecule has 1 unspecified atom stereocenters. The van der Waals surface area contributed by atoms with Crippen molar-refractivity contribution in [3.8, 4) is 0 Å². The van der Waals surface area contributed by atoms with Crippen LogP contribution < -0.4 is 0 Å². The van der Waals surface area contributed by atoms with Crippen molar-refractivity contribution >= 4 is 11.3 Å². The average Bonchev–Trinajstić information content (AvgIpc) is 2.90. The second-order valence-electron chi connectivity index (χ2n) is 4.06. The summed E-state index contributed by atoms with van der Waals surface area (Å²) in [4.78, 5) is 1.09. The SMILES string of the molecule is COCC(O)(c1sccc1C)C1CC1. The number of aryl methyl sites for hydroxylation is 1. The summed E-state index contributed by atoms with van der Waals surface area (Å²) in [5.41, 5.74) is 0.453. The van der Waals surface area contributed by atoms with Crippen LogP contribution in [-0.2, 0) is 10.3 Å². The Morgan fingerprint density at radius 2 is 2.36 bits per heavy atom. The van der Waals surface area contributed by atoms with Crippen molar-refractivity contribution in [3.63, 3.8) is 0 Å². The number of hydrogen-bond donors (Lipinski definition) is 1. The minimum atomic E-state index is -0.729. The van der Waals surface area contributed by atoms with E-state index in [2.05, 4.69) is 13.0 Å². The van der Waals surface area contributed by atoms with Crippen LogP contribution in [0.1, 0.15) is 23.3 Å². The van der Waals surface area contributed by atoms with E-state index in [1.165, 1.54) is 5.56 Å². The highest BCUT2D eigenvalue weighted by molar-refractivity contribution is 7.10. The zero-order valence-corrected chi connectivity index (χ0v) is 9.43. The molecule has 1 aromatic heterocycles. The van der Waals surface area contributed by atoms with Crippen molar-refractivity contribution in [2.75, 3.05) is 13.7 Å². The Kier molecular flexibility index (Phi) is 2.64. The third-order valence-electron chi connectivity index (χ3n) is 2.87. The fourth-order valence-corrected chi connectivity index (χ4v) is 3.06. The highest BCUT2D eigenvalue weighted by Crippen LogP contribution is 2.48. The van der Waals surface area contributed by atoms with Gasteiger partial charge in [0.1, 0.15) is 5.60 Å². The molecule has 1 aliphatic carbocycles. The van der Waals surface area contributed by atoms with E-state index in [9.17, 15) is 5.11 Å². The van der Waals surface area contributed by atoms with Gasteiger partial charge in [0, 0.05) is 12.0 Å². The molecule has 2 rings (SSSR count). The Balaban J connectivity index is 2.30. The highest BCUT2D eigenvalue weighted by Gasteiger charge is 2.46. The van der Waals surface area contributed by atoms with Gasteiger partial charge in [-0.15, -0.1) is 11.3 Å². The number of ether oxygens (including phenoxy) is 1. The van der Waals surface area contributed by atoms with E-state index in [-0.39, 0.29) is 0 Å². The molecule has 1 saturated carbocycles. The van der Waals surface area contributed by atoms with Crippen LogP contribution in [0.15, 0.2) is 11.4 Å². The Hall–Kier alpha value is -0.380. The van der Waals surface area contributed by atoms with Gasteiger partial charge < -0.3 is 9.84 Å². The first-order valence-corrected chi connectivity index (χ1v) is 5.82. The molecule has 0 bridgehead atoms. The van der Waals surface area contributed by atoms with Crippen molar-refractivity contribution < 1.29 is 9.84 Å². The van der Waals surface area contributed by atoms with Crippen LogP contribution in [0.4, 0.5) is 0 Å². The Morgan fingerprint density at radius 1 is 1.64 bits per heavy atom. The molecule has 78 valence electrons. The summed E-state index contributed by atoms with van der Waals surface area (Å²) in [6.07, 6.45) is 2.24. The standard InChI is InChI=1S/C11H16O2S/c1-8-5-6-14-10(8)11(12,7-13-2)9-3-4-9/h5-6,9,12H,3-4,7H2,1-2H3. The number of rotatable bonds is 4. The van der Waals surface area contributed by atoms with Gasteiger partial charge in [0.15, 0.2) is 0 Å². The van der Waals surface area contributed by atoms with Crippen LogP contribution in [0.5, 0.6) is 0 Å². The van der Waals surface area contributed by atoms with Gasteiger partial charge in [0.05, 0.1) is 6.61 Å². The summed E-state index contributed by atoms with van der Waals surface area (Å²) in [5.74, 6) is 0.403. The highest BCUT2D eigenvalue weighted by atomic mass is 32.1. The van der Waals surface area contributed by atoms with Gasteiger partial charge in [-0.05, 0) is 42.7 Å². The molecule has 0 amide bonds. The van der Waals surface area contributed by atoms with Crippen LogP contribution >= 0.6 is 11.3 Å². The van der Waals surface area contributed by atoms with Gasteiger partial charge in [-0.1, -0.05) is 0 Å². The molecular formula is C11H16O2S. The molecule has 14 heavy (non-hydrogen) atoms. The maximum absolute atomic E-state index is 10.6. The molecule has 0 aliphatic heterocycles. The second-order valence-corrected chi connectivity index (χ2v) is 4.98. The Bertz CT molecular complexity index is 317. The van der Waals surface area contributed by atoms with Gasteiger partial charge in [-0.2, -0.15) is 0 Å². The third-order valence-corrected chi connectivity index (χ3v) is 4.06. The number of methoxy groups -OCH3 is 1. The lowest BCUT2D eigenvalue weighted by Crippen LogP contribution is -2.33. The maximum atomic E-state index is 10.6. The van der Waals surface area contributed by atoms with Crippen molar-refractivity contribution in [2.45, 2.75) is 25.4 Å². The summed E-state index contributed by atoms with van der Waals surface area (Å²) < 4.78 is 5.14. The van der Waals surface area contributed by atoms with Crippen LogP contribution in [0.3, 0.4) is 0 Å². The first kappa shape index (κ1) is 10.1. The molecule has 1 N–H and O–H groups in total. The lowest BCUT2D eigenvalue weighted by atomic mass is 9.94. The lowest BCUT2D eigenvalue weighted by Gasteiger charge is -2.27. The molecule has 0 radical (unpaired) electrons. The fourth-order valence-electron chi connectivity index (χ4n) is 1.97. The quantitative estimate of drug-likeness (QED) is 0.830. The van der Waals surface area contributed by atoms with Crippen LogP contribution in [0.25, 0.3) is 0 Å². The third kappa shape index (κ3) is 1.60. The molecule has 1 atom stereocenters. The predicted octanol–water partition coefficient (Wildman–Crippen LogP) is 2.30. The van der Waals surface area contributed by atoms with E-state index in [0.717, 1.165) is 17.7 Å². The van der Waals surface area contributed by atoms with Crippen LogP contribution in [0, 0.1) is 12.8 Å². The van der Waals surface area contributed by atoms with Crippen molar-refractivity contribution in [1.29, 1.82) is 0 Å². The molecular weight excluding hydrogens is 196 g/mol. The van der Waals surface area contributed by atoms with Gasteiger partial charge >= 0.3 is 0 Å². The van der Waals surface area contributed by atoms with Gasteiger partial charge in [-0.25, -0.2) is 0 Å². The number of thiophene rings is 1.